The zero-order valence-electron chi connectivity index (χ0n) is 11.6. The third kappa shape index (κ3) is 3.74. The summed E-state index contributed by atoms with van der Waals surface area (Å²) in [7, 11) is 4.27. The van der Waals surface area contributed by atoms with E-state index in [1.807, 2.05) is 18.8 Å². The molecule has 100 valence electrons. The summed E-state index contributed by atoms with van der Waals surface area (Å²) in [4.78, 5) is 3.96. The quantitative estimate of drug-likeness (QED) is 0.850. The van der Waals surface area contributed by atoms with Gasteiger partial charge in [-0.3, -0.25) is 0 Å². The monoisotopic (exact) mass is 264 g/mol. The molecule has 1 aliphatic heterocycles. The molecule has 2 nitrogen and oxygen atoms in total. The molecule has 0 saturated carbocycles. The Morgan fingerprint density at radius 2 is 2.22 bits per heavy atom. The summed E-state index contributed by atoms with van der Waals surface area (Å²) < 4.78 is 0. The fourth-order valence-electron chi connectivity index (χ4n) is 2.72. The lowest BCUT2D eigenvalue weighted by molar-refractivity contribution is 0.284. The van der Waals surface area contributed by atoms with E-state index in [9.17, 15) is 0 Å². The van der Waals surface area contributed by atoms with Crippen molar-refractivity contribution in [2.45, 2.75) is 23.5 Å². The maximum absolute atomic E-state index is 3.25. The number of fused-ring (bicyclic) bond motifs is 1. The second-order valence-electron chi connectivity index (χ2n) is 5.44. The fourth-order valence-corrected chi connectivity index (χ4v) is 4.13. The Morgan fingerprint density at radius 1 is 1.44 bits per heavy atom. The molecule has 0 bridgehead atoms. The SMILES string of the molecule is CNCC(C)CN(C)CC1Cc2ccccc2S1. The van der Waals surface area contributed by atoms with Gasteiger partial charge in [-0.15, -0.1) is 11.8 Å². The van der Waals surface area contributed by atoms with E-state index in [0.717, 1.165) is 11.8 Å². The zero-order chi connectivity index (χ0) is 13.0. The standard InChI is InChI=1S/C15H24N2S/c1-12(9-16-2)10-17(3)11-14-8-13-6-4-5-7-15(13)18-14/h4-7,12,14,16H,8-11H2,1-3H3. The van der Waals surface area contributed by atoms with Gasteiger partial charge in [-0.25, -0.2) is 0 Å². The molecule has 2 rings (SSSR count). The van der Waals surface area contributed by atoms with Gasteiger partial charge < -0.3 is 10.2 Å². The van der Waals surface area contributed by atoms with Crippen molar-refractivity contribution in [2.75, 3.05) is 33.7 Å². The summed E-state index contributed by atoms with van der Waals surface area (Å²) in [5.41, 5.74) is 1.53. The van der Waals surface area contributed by atoms with Crippen LogP contribution in [0.5, 0.6) is 0 Å². The van der Waals surface area contributed by atoms with Gasteiger partial charge in [-0.2, -0.15) is 0 Å². The molecule has 1 aromatic carbocycles. The van der Waals surface area contributed by atoms with Gasteiger partial charge in [0.05, 0.1) is 0 Å². The molecular weight excluding hydrogens is 240 g/mol. The number of benzene rings is 1. The van der Waals surface area contributed by atoms with E-state index in [2.05, 4.69) is 48.5 Å². The van der Waals surface area contributed by atoms with Crippen molar-refractivity contribution in [3.05, 3.63) is 29.8 Å². The predicted molar refractivity (Wildman–Crippen MR) is 80.4 cm³/mol. The fraction of sp³-hybridized carbons (Fsp3) is 0.600. The Kier molecular flexibility index (Phi) is 5.10. The highest BCUT2D eigenvalue weighted by molar-refractivity contribution is 8.00. The average Bonchev–Trinajstić information content (AvgIpc) is 2.70. The van der Waals surface area contributed by atoms with Gasteiger partial charge in [0, 0.05) is 23.2 Å². The molecule has 0 spiro atoms. The highest BCUT2D eigenvalue weighted by Crippen LogP contribution is 2.36. The summed E-state index contributed by atoms with van der Waals surface area (Å²) >= 11 is 2.05. The minimum Gasteiger partial charge on any atom is -0.319 e. The van der Waals surface area contributed by atoms with Gasteiger partial charge in [-0.05, 0) is 44.6 Å². The van der Waals surface area contributed by atoms with Gasteiger partial charge in [0.2, 0.25) is 0 Å². The van der Waals surface area contributed by atoms with Crippen molar-refractivity contribution >= 4 is 11.8 Å². The van der Waals surface area contributed by atoms with Crippen LogP contribution in [-0.4, -0.2) is 43.9 Å². The minimum absolute atomic E-state index is 0.716. The highest BCUT2D eigenvalue weighted by Gasteiger charge is 2.23. The van der Waals surface area contributed by atoms with Crippen molar-refractivity contribution < 1.29 is 0 Å². The smallest absolute Gasteiger partial charge is 0.0263 e. The average molecular weight is 264 g/mol. The molecule has 0 fully saturated rings. The molecule has 1 N–H and O–H groups in total. The first-order valence-corrected chi connectivity index (χ1v) is 7.64. The molecule has 3 heteroatoms. The molecule has 0 amide bonds. The maximum Gasteiger partial charge on any atom is 0.0263 e. The lowest BCUT2D eigenvalue weighted by atomic mass is 10.1. The molecule has 2 unspecified atom stereocenters. The van der Waals surface area contributed by atoms with Crippen molar-refractivity contribution in [1.82, 2.24) is 10.2 Å². The van der Waals surface area contributed by atoms with Crippen molar-refractivity contribution in [1.29, 1.82) is 0 Å². The van der Waals surface area contributed by atoms with Crippen LogP contribution in [0.25, 0.3) is 0 Å². The Bertz CT molecular complexity index is 356. The van der Waals surface area contributed by atoms with Crippen LogP contribution in [0.15, 0.2) is 29.2 Å². The van der Waals surface area contributed by atoms with Gasteiger partial charge in [0.25, 0.3) is 0 Å². The lowest BCUT2D eigenvalue weighted by Crippen LogP contribution is -2.34. The largest absolute Gasteiger partial charge is 0.319 e. The van der Waals surface area contributed by atoms with E-state index < -0.39 is 0 Å². The Hall–Kier alpha value is -0.510. The molecule has 18 heavy (non-hydrogen) atoms. The van der Waals surface area contributed by atoms with Crippen LogP contribution in [0.3, 0.4) is 0 Å². The van der Waals surface area contributed by atoms with E-state index in [0.29, 0.717) is 5.92 Å². The van der Waals surface area contributed by atoms with Crippen LogP contribution >= 0.6 is 11.8 Å². The van der Waals surface area contributed by atoms with Gasteiger partial charge in [-0.1, -0.05) is 25.1 Å². The van der Waals surface area contributed by atoms with Crippen molar-refractivity contribution in [3.63, 3.8) is 0 Å². The lowest BCUT2D eigenvalue weighted by Gasteiger charge is -2.23. The third-order valence-corrected chi connectivity index (χ3v) is 4.71. The molecule has 1 heterocycles. The van der Waals surface area contributed by atoms with Crippen LogP contribution in [-0.2, 0) is 6.42 Å². The molecule has 0 aliphatic carbocycles. The summed E-state index contributed by atoms with van der Waals surface area (Å²) in [6.07, 6.45) is 1.23. The van der Waals surface area contributed by atoms with Crippen LogP contribution in [0.1, 0.15) is 12.5 Å². The molecule has 0 radical (unpaired) electrons. The first-order chi connectivity index (χ1) is 8.69. The van der Waals surface area contributed by atoms with Crippen LogP contribution in [0.2, 0.25) is 0 Å². The number of nitrogens with one attached hydrogen (secondary N) is 1. The van der Waals surface area contributed by atoms with E-state index >= 15 is 0 Å². The minimum atomic E-state index is 0.716. The predicted octanol–water partition coefficient (Wildman–Crippen LogP) is 2.49. The van der Waals surface area contributed by atoms with Crippen LogP contribution in [0, 0.1) is 5.92 Å². The normalized spacial score (nSPS) is 20.1. The maximum atomic E-state index is 3.25. The van der Waals surface area contributed by atoms with Gasteiger partial charge in [0.15, 0.2) is 0 Å². The first-order valence-electron chi connectivity index (χ1n) is 6.76. The molecule has 2 atom stereocenters. The van der Waals surface area contributed by atoms with Crippen LogP contribution < -0.4 is 5.32 Å². The third-order valence-electron chi connectivity index (χ3n) is 3.41. The Balaban J connectivity index is 1.79. The number of hydrogen-bond donors (Lipinski definition) is 1. The molecule has 0 saturated heterocycles. The number of thioether (sulfide) groups is 1. The number of rotatable bonds is 6. The first kappa shape index (κ1) is 13.9. The molecule has 1 aromatic rings. The molecule has 0 aromatic heterocycles. The zero-order valence-corrected chi connectivity index (χ0v) is 12.5. The topological polar surface area (TPSA) is 15.3 Å². The molecular formula is C15H24N2S. The summed E-state index contributed by atoms with van der Waals surface area (Å²) in [6, 6.07) is 8.82. The Labute approximate surface area is 115 Å². The van der Waals surface area contributed by atoms with E-state index in [1.54, 1.807) is 0 Å². The molecule has 1 aliphatic rings. The summed E-state index contributed by atoms with van der Waals surface area (Å²) in [5.74, 6) is 0.716. The van der Waals surface area contributed by atoms with Crippen LogP contribution in [0.4, 0.5) is 0 Å². The Morgan fingerprint density at radius 3 is 2.94 bits per heavy atom. The van der Waals surface area contributed by atoms with Crippen molar-refractivity contribution in [3.8, 4) is 0 Å². The van der Waals surface area contributed by atoms with Crippen molar-refractivity contribution in [2.24, 2.45) is 5.92 Å². The van der Waals surface area contributed by atoms with E-state index in [4.69, 9.17) is 0 Å². The highest BCUT2D eigenvalue weighted by atomic mass is 32.2. The summed E-state index contributed by atoms with van der Waals surface area (Å²) in [5, 5.41) is 3.98. The number of nitrogens with zero attached hydrogens (tertiary/aromatic N) is 1. The second kappa shape index (κ2) is 6.60. The van der Waals surface area contributed by atoms with E-state index in [-0.39, 0.29) is 0 Å². The van der Waals surface area contributed by atoms with Gasteiger partial charge >= 0.3 is 0 Å². The van der Waals surface area contributed by atoms with E-state index in [1.165, 1.54) is 30.0 Å². The summed E-state index contributed by atoms with van der Waals surface area (Å²) in [6.45, 7) is 5.77. The second-order valence-corrected chi connectivity index (χ2v) is 6.78. The number of hydrogen-bond acceptors (Lipinski definition) is 3. The van der Waals surface area contributed by atoms with Gasteiger partial charge in [0.1, 0.15) is 0 Å².